The molecule has 0 radical (unpaired) electrons. The van der Waals surface area contributed by atoms with Gasteiger partial charge in [-0.05, 0) is 38.7 Å². The molecule has 2 fully saturated rings. The van der Waals surface area contributed by atoms with E-state index in [1.807, 2.05) is 4.90 Å². The number of halogens is 1. The largest absolute Gasteiger partial charge is 0.341 e. The first-order valence-electron chi connectivity index (χ1n) is 8.87. The normalized spacial score (nSPS) is 18.7. The number of aryl methyl sites for hydroxylation is 1. The second-order valence-corrected chi connectivity index (χ2v) is 7.37. The Bertz CT molecular complexity index is 755. The van der Waals surface area contributed by atoms with Crippen molar-refractivity contribution in [3.63, 3.8) is 0 Å². The predicted molar refractivity (Wildman–Crippen MR) is 96.0 cm³/mol. The Morgan fingerprint density at radius 1 is 1.04 bits per heavy atom. The molecule has 7 heteroatoms. The molecule has 0 aromatic carbocycles. The van der Waals surface area contributed by atoms with Crippen molar-refractivity contribution in [1.29, 1.82) is 0 Å². The SMILES string of the molecule is Cc1[nH]c(=O)c(C(=O)N2CCCN(C(=O)C3CCC3)CC2)c(C)c1Cl. The van der Waals surface area contributed by atoms with Crippen molar-refractivity contribution in [2.75, 3.05) is 26.2 Å². The number of amides is 2. The van der Waals surface area contributed by atoms with Crippen LogP contribution < -0.4 is 5.56 Å². The third kappa shape index (κ3) is 3.45. The molecule has 1 aliphatic carbocycles. The summed E-state index contributed by atoms with van der Waals surface area (Å²) in [5.74, 6) is 0.0785. The number of aromatic nitrogens is 1. The summed E-state index contributed by atoms with van der Waals surface area (Å²) in [6.45, 7) is 5.59. The van der Waals surface area contributed by atoms with Crippen LogP contribution in [0.4, 0.5) is 0 Å². The fraction of sp³-hybridized carbons (Fsp3) is 0.611. The van der Waals surface area contributed by atoms with Crippen LogP contribution in [0.1, 0.15) is 47.3 Å². The van der Waals surface area contributed by atoms with E-state index in [2.05, 4.69) is 4.98 Å². The van der Waals surface area contributed by atoms with E-state index in [-0.39, 0.29) is 23.3 Å². The Morgan fingerprint density at radius 2 is 1.68 bits per heavy atom. The van der Waals surface area contributed by atoms with Gasteiger partial charge in [-0.15, -0.1) is 0 Å². The summed E-state index contributed by atoms with van der Waals surface area (Å²) in [6.07, 6.45) is 3.81. The average molecular weight is 366 g/mol. The van der Waals surface area contributed by atoms with Gasteiger partial charge in [-0.1, -0.05) is 18.0 Å². The zero-order valence-electron chi connectivity index (χ0n) is 14.7. The van der Waals surface area contributed by atoms with E-state index in [9.17, 15) is 14.4 Å². The Labute approximate surface area is 152 Å². The Morgan fingerprint density at radius 3 is 2.32 bits per heavy atom. The van der Waals surface area contributed by atoms with Gasteiger partial charge in [0.05, 0.1) is 5.02 Å². The van der Waals surface area contributed by atoms with Gasteiger partial charge in [0.2, 0.25) is 5.91 Å². The molecule has 1 N–H and O–H groups in total. The smallest absolute Gasteiger partial charge is 0.261 e. The topological polar surface area (TPSA) is 73.5 Å². The third-order valence-electron chi connectivity index (χ3n) is 5.32. The van der Waals surface area contributed by atoms with E-state index >= 15 is 0 Å². The lowest BCUT2D eigenvalue weighted by Gasteiger charge is -2.31. The number of rotatable bonds is 2. The molecule has 1 aliphatic heterocycles. The van der Waals surface area contributed by atoms with Gasteiger partial charge in [0.25, 0.3) is 11.5 Å². The van der Waals surface area contributed by atoms with Crippen LogP contribution in [-0.2, 0) is 4.79 Å². The van der Waals surface area contributed by atoms with Crippen LogP contribution >= 0.6 is 11.6 Å². The van der Waals surface area contributed by atoms with Crippen molar-refractivity contribution >= 4 is 23.4 Å². The highest BCUT2D eigenvalue weighted by Gasteiger charge is 2.31. The molecule has 1 saturated heterocycles. The molecule has 6 nitrogen and oxygen atoms in total. The van der Waals surface area contributed by atoms with E-state index in [1.54, 1.807) is 18.7 Å². The van der Waals surface area contributed by atoms with Gasteiger partial charge in [-0.2, -0.15) is 0 Å². The number of nitrogens with one attached hydrogen (secondary N) is 1. The fourth-order valence-electron chi connectivity index (χ4n) is 3.52. The molecule has 1 saturated carbocycles. The first kappa shape index (κ1) is 18.0. The van der Waals surface area contributed by atoms with E-state index in [4.69, 9.17) is 11.6 Å². The second-order valence-electron chi connectivity index (χ2n) is 6.99. The molecule has 0 unspecified atom stereocenters. The fourth-order valence-corrected chi connectivity index (χ4v) is 3.66. The van der Waals surface area contributed by atoms with Crippen LogP contribution in [0, 0.1) is 19.8 Å². The number of carbonyl (C=O) groups excluding carboxylic acids is 2. The molecule has 1 aromatic heterocycles. The quantitative estimate of drug-likeness (QED) is 0.872. The molecule has 0 spiro atoms. The standard InChI is InChI=1S/C18H24ClN3O3/c1-11-14(16(23)20-12(2)15(11)19)18(25)22-8-4-7-21(9-10-22)17(24)13-5-3-6-13/h13H,3-10H2,1-2H3,(H,20,23). The number of pyridine rings is 1. The Hall–Kier alpha value is -1.82. The number of hydrogen-bond donors (Lipinski definition) is 1. The lowest BCUT2D eigenvalue weighted by atomic mass is 9.84. The van der Waals surface area contributed by atoms with Gasteiger partial charge >= 0.3 is 0 Å². The summed E-state index contributed by atoms with van der Waals surface area (Å²) in [7, 11) is 0. The molecule has 0 atom stereocenters. The molecule has 3 rings (SSSR count). The summed E-state index contributed by atoms with van der Waals surface area (Å²) in [5, 5.41) is 0.416. The molecular weight excluding hydrogens is 342 g/mol. The Balaban J connectivity index is 1.75. The van der Waals surface area contributed by atoms with Gasteiger partial charge in [0, 0.05) is 37.8 Å². The van der Waals surface area contributed by atoms with Gasteiger partial charge in [0.1, 0.15) is 5.56 Å². The van der Waals surface area contributed by atoms with Crippen LogP contribution in [0.3, 0.4) is 0 Å². The molecule has 1 aromatic rings. The van der Waals surface area contributed by atoms with Crippen molar-refractivity contribution < 1.29 is 9.59 Å². The predicted octanol–water partition coefficient (Wildman–Crippen LogP) is 2.12. The number of nitrogens with zero attached hydrogens (tertiary/aromatic N) is 2. The summed E-state index contributed by atoms with van der Waals surface area (Å²) < 4.78 is 0. The summed E-state index contributed by atoms with van der Waals surface area (Å²) in [4.78, 5) is 43.7. The van der Waals surface area contributed by atoms with Crippen molar-refractivity contribution in [2.45, 2.75) is 39.5 Å². The first-order valence-corrected chi connectivity index (χ1v) is 9.25. The minimum absolute atomic E-state index is 0.106. The van der Waals surface area contributed by atoms with Gasteiger partial charge in [0.15, 0.2) is 0 Å². The number of H-pyrrole nitrogens is 1. The van der Waals surface area contributed by atoms with E-state index < -0.39 is 5.56 Å². The van der Waals surface area contributed by atoms with E-state index in [0.29, 0.717) is 42.5 Å². The van der Waals surface area contributed by atoms with Crippen molar-refractivity contribution in [3.8, 4) is 0 Å². The van der Waals surface area contributed by atoms with E-state index in [0.717, 1.165) is 25.7 Å². The number of carbonyl (C=O) groups is 2. The van der Waals surface area contributed by atoms with Gasteiger partial charge in [-0.25, -0.2) is 0 Å². The molecule has 2 heterocycles. The highest BCUT2D eigenvalue weighted by atomic mass is 35.5. The van der Waals surface area contributed by atoms with Gasteiger partial charge in [-0.3, -0.25) is 14.4 Å². The van der Waals surface area contributed by atoms with Gasteiger partial charge < -0.3 is 14.8 Å². The van der Waals surface area contributed by atoms with Crippen LogP contribution in [-0.4, -0.2) is 52.8 Å². The average Bonchev–Trinajstić information content (AvgIpc) is 2.77. The molecule has 0 bridgehead atoms. The molecule has 2 amide bonds. The summed E-state index contributed by atoms with van der Waals surface area (Å²) in [5.41, 5.74) is 0.777. The van der Waals surface area contributed by atoms with Crippen molar-refractivity contribution in [1.82, 2.24) is 14.8 Å². The molecule has 2 aliphatic rings. The monoisotopic (exact) mass is 365 g/mol. The maximum absolute atomic E-state index is 12.9. The maximum atomic E-state index is 12.9. The molecule has 136 valence electrons. The maximum Gasteiger partial charge on any atom is 0.261 e. The van der Waals surface area contributed by atoms with Crippen LogP contribution in [0.2, 0.25) is 5.02 Å². The zero-order chi connectivity index (χ0) is 18.1. The minimum Gasteiger partial charge on any atom is -0.341 e. The summed E-state index contributed by atoms with van der Waals surface area (Å²) in [6, 6.07) is 0. The summed E-state index contributed by atoms with van der Waals surface area (Å²) >= 11 is 6.20. The zero-order valence-corrected chi connectivity index (χ0v) is 15.5. The van der Waals surface area contributed by atoms with Crippen LogP contribution in [0.25, 0.3) is 0 Å². The van der Waals surface area contributed by atoms with E-state index in [1.165, 1.54) is 0 Å². The van der Waals surface area contributed by atoms with Crippen molar-refractivity contribution in [3.05, 3.63) is 32.2 Å². The number of hydrogen-bond acceptors (Lipinski definition) is 3. The van der Waals surface area contributed by atoms with Crippen molar-refractivity contribution in [2.24, 2.45) is 5.92 Å². The highest BCUT2D eigenvalue weighted by molar-refractivity contribution is 6.32. The first-order chi connectivity index (χ1) is 11.9. The molecular formula is C18H24ClN3O3. The Kier molecular flexibility index (Phi) is 5.18. The second kappa shape index (κ2) is 7.20. The highest BCUT2D eigenvalue weighted by Crippen LogP contribution is 2.28. The third-order valence-corrected chi connectivity index (χ3v) is 5.89. The lowest BCUT2D eigenvalue weighted by Crippen LogP contribution is -2.42. The lowest BCUT2D eigenvalue weighted by molar-refractivity contribution is -0.138. The number of aromatic amines is 1. The van der Waals surface area contributed by atoms with Crippen LogP contribution in [0.15, 0.2) is 4.79 Å². The minimum atomic E-state index is -0.406. The van der Waals surface area contributed by atoms with Crippen LogP contribution in [0.5, 0.6) is 0 Å². The molecule has 25 heavy (non-hydrogen) atoms.